The van der Waals surface area contributed by atoms with Gasteiger partial charge >= 0.3 is 6.09 Å². The number of ether oxygens (including phenoxy) is 1. The van der Waals surface area contributed by atoms with Gasteiger partial charge in [0.25, 0.3) is 10.1 Å². The van der Waals surface area contributed by atoms with E-state index in [2.05, 4.69) is 5.32 Å². The second-order valence-corrected chi connectivity index (χ2v) is 7.72. The first kappa shape index (κ1) is 18.4. The molecule has 0 saturated heterocycles. The largest absolute Gasteiger partial charge is 0.444 e. The van der Waals surface area contributed by atoms with E-state index in [1.165, 1.54) is 0 Å². The average molecular weight is 329 g/mol. The zero-order valence-corrected chi connectivity index (χ0v) is 14.4. The number of hydrogen-bond donors (Lipinski definition) is 1. The first-order valence-corrected chi connectivity index (χ1v) is 8.71. The van der Waals surface area contributed by atoms with Crippen molar-refractivity contribution in [2.75, 3.05) is 6.26 Å². The molecule has 0 aliphatic carbocycles. The molecule has 0 aliphatic heterocycles. The number of carbonyl (C=O) groups is 1. The van der Waals surface area contributed by atoms with Gasteiger partial charge < -0.3 is 10.1 Å². The van der Waals surface area contributed by atoms with E-state index in [1.54, 1.807) is 32.9 Å². The zero-order valence-electron chi connectivity index (χ0n) is 13.5. The third-order valence-corrected chi connectivity index (χ3v) is 3.20. The molecule has 1 aromatic rings. The second kappa shape index (κ2) is 7.11. The summed E-state index contributed by atoms with van der Waals surface area (Å²) >= 11 is 0. The van der Waals surface area contributed by atoms with E-state index in [0.29, 0.717) is 0 Å². The molecule has 1 rings (SSSR count). The molecule has 1 atom stereocenters. The minimum atomic E-state index is -3.46. The monoisotopic (exact) mass is 329 g/mol. The maximum absolute atomic E-state index is 11.7. The highest BCUT2D eigenvalue weighted by molar-refractivity contribution is 7.85. The Labute approximate surface area is 131 Å². The Morgan fingerprint density at radius 3 is 2.23 bits per heavy atom. The zero-order chi connectivity index (χ0) is 17.0. The Hall–Kier alpha value is -1.60. The smallest absolute Gasteiger partial charge is 0.408 e. The van der Waals surface area contributed by atoms with Crippen molar-refractivity contribution >= 4 is 16.2 Å². The third kappa shape index (κ3) is 7.42. The van der Waals surface area contributed by atoms with Crippen molar-refractivity contribution in [3.8, 4) is 0 Å². The summed E-state index contributed by atoms with van der Waals surface area (Å²) < 4.78 is 31.8. The molecule has 0 bridgehead atoms. The highest BCUT2D eigenvalue weighted by Gasteiger charge is 2.18. The van der Waals surface area contributed by atoms with Crippen LogP contribution in [0.1, 0.15) is 44.9 Å². The van der Waals surface area contributed by atoms with E-state index in [1.807, 2.05) is 19.1 Å². The Balaban J connectivity index is 2.60. The molecular weight excluding hydrogens is 306 g/mol. The predicted octanol–water partition coefficient (Wildman–Crippen LogP) is 2.75. The summed E-state index contributed by atoms with van der Waals surface area (Å²) in [5.41, 5.74) is 1.07. The van der Waals surface area contributed by atoms with Crippen LogP contribution in [0, 0.1) is 0 Å². The van der Waals surface area contributed by atoms with Gasteiger partial charge in [0.05, 0.1) is 18.9 Å². The molecular formula is C15H23NO5S. The summed E-state index contributed by atoms with van der Waals surface area (Å²) in [6.45, 7) is 7.23. The molecule has 0 radical (unpaired) electrons. The lowest BCUT2D eigenvalue weighted by atomic mass is 10.1. The Morgan fingerprint density at radius 2 is 1.77 bits per heavy atom. The van der Waals surface area contributed by atoms with Gasteiger partial charge in [0.2, 0.25) is 0 Å². The topological polar surface area (TPSA) is 81.7 Å². The molecule has 0 spiro atoms. The van der Waals surface area contributed by atoms with Crippen molar-refractivity contribution in [3.63, 3.8) is 0 Å². The van der Waals surface area contributed by atoms with Crippen LogP contribution in [0.15, 0.2) is 24.3 Å². The second-order valence-electron chi connectivity index (χ2n) is 6.08. The molecule has 7 heteroatoms. The Kier molecular flexibility index (Phi) is 5.96. The fourth-order valence-corrected chi connectivity index (χ4v) is 2.00. The highest BCUT2D eigenvalue weighted by atomic mass is 32.2. The van der Waals surface area contributed by atoms with Crippen LogP contribution in [-0.4, -0.2) is 26.4 Å². The number of benzene rings is 1. The lowest BCUT2D eigenvalue weighted by Crippen LogP contribution is -2.34. The van der Waals surface area contributed by atoms with Crippen LogP contribution >= 0.6 is 0 Å². The van der Waals surface area contributed by atoms with Gasteiger partial charge in [-0.25, -0.2) is 4.79 Å². The summed E-state index contributed by atoms with van der Waals surface area (Å²) in [7, 11) is -3.46. The predicted molar refractivity (Wildman–Crippen MR) is 83.9 cm³/mol. The van der Waals surface area contributed by atoms with Crippen LogP contribution in [0.3, 0.4) is 0 Å². The van der Waals surface area contributed by atoms with E-state index in [-0.39, 0.29) is 12.6 Å². The summed E-state index contributed by atoms with van der Waals surface area (Å²) in [5.74, 6) is 0. The SMILES string of the molecule is C[C@@H](NC(=O)OC(C)(C)C)c1ccc(COS(C)(=O)=O)cc1. The molecule has 22 heavy (non-hydrogen) atoms. The van der Waals surface area contributed by atoms with Gasteiger partial charge in [0, 0.05) is 0 Å². The number of hydrogen-bond acceptors (Lipinski definition) is 5. The minimum Gasteiger partial charge on any atom is -0.444 e. The van der Waals surface area contributed by atoms with Crippen LogP contribution < -0.4 is 5.32 Å². The molecule has 0 unspecified atom stereocenters. The maximum Gasteiger partial charge on any atom is 0.408 e. The molecule has 1 N–H and O–H groups in total. The van der Waals surface area contributed by atoms with Crippen LogP contribution in [-0.2, 0) is 25.6 Å². The summed E-state index contributed by atoms with van der Waals surface area (Å²) in [6.07, 6.45) is 0.526. The number of rotatable bonds is 5. The number of amides is 1. The van der Waals surface area contributed by atoms with Gasteiger partial charge in [-0.2, -0.15) is 8.42 Å². The molecule has 0 fully saturated rings. The van der Waals surface area contributed by atoms with Gasteiger partial charge in [0.1, 0.15) is 5.60 Å². The summed E-state index contributed by atoms with van der Waals surface area (Å²) in [5, 5.41) is 2.74. The summed E-state index contributed by atoms with van der Waals surface area (Å²) in [4.78, 5) is 11.7. The van der Waals surface area contributed by atoms with Crippen molar-refractivity contribution in [2.45, 2.75) is 45.9 Å². The lowest BCUT2D eigenvalue weighted by molar-refractivity contribution is 0.0508. The van der Waals surface area contributed by atoms with E-state index in [4.69, 9.17) is 8.92 Å². The highest BCUT2D eigenvalue weighted by Crippen LogP contribution is 2.15. The number of alkyl carbamates (subject to hydrolysis) is 1. The van der Waals surface area contributed by atoms with Gasteiger partial charge in [-0.3, -0.25) is 4.18 Å². The molecule has 0 saturated carbocycles. The third-order valence-electron chi connectivity index (χ3n) is 2.65. The Morgan fingerprint density at radius 1 is 1.23 bits per heavy atom. The molecule has 6 nitrogen and oxygen atoms in total. The summed E-state index contributed by atoms with van der Waals surface area (Å²) in [6, 6.07) is 6.91. The van der Waals surface area contributed by atoms with Gasteiger partial charge in [0.15, 0.2) is 0 Å². The first-order valence-electron chi connectivity index (χ1n) is 6.89. The van der Waals surface area contributed by atoms with Gasteiger partial charge in [-0.05, 0) is 38.8 Å². The van der Waals surface area contributed by atoms with E-state index in [9.17, 15) is 13.2 Å². The molecule has 0 aliphatic rings. The van der Waals surface area contributed by atoms with Crippen LogP contribution in [0.2, 0.25) is 0 Å². The van der Waals surface area contributed by atoms with E-state index >= 15 is 0 Å². The molecule has 1 amide bonds. The van der Waals surface area contributed by atoms with E-state index < -0.39 is 21.8 Å². The lowest BCUT2D eigenvalue weighted by Gasteiger charge is -2.22. The normalized spacial score (nSPS) is 13.5. The molecule has 124 valence electrons. The van der Waals surface area contributed by atoms with Gasteiger partial charge in [-0.15, -0.1) is 0 Å². The fraction of sp³-hybridized carbons (Fsp3) is 0.533. The molecule has 0 aromatic heterocycles. The van der Waals surface area contributed by atoms with Crippen molar-refractivity contribution in [1.82, 2.24) is 5.32 Å². The first-order chi connectivity index (χ1) is 9.96. The molecule has 0 heterocycles. The van der Waals surface area contributed by atoms with E-state index in [0.717, 1.165) is 17.4 Å². The van der Waals surface area contributed by atoms with Crippen molar-refractivity contribution in [2.24, 2.45) is 0 Å². The van der Waals surface area contributed by atoms with Crippen molar-refractivity contribution in [3.05, 3.63) is 35.4 Å². The fourth-order valence-electron chi connectivity index (χ4n) is 1.65. The van der Waals surface area contributed by atoms with Gasteiger partial charge in [-0.1, -0.05) is 24.3 Å². The number of carbonyl (C=O) groups excluding carboxylic acids is 1. The minimum absolute atomic E-state index is 0.00696. The van der Waals surface area contributed by atoms with Crippen LogP contribution in [0.5, 0.6) is 0 Å². The maximum atomic E-state index is 11.7. The average Bonchev–Trinajstić information content (AvgIpc) is 2.33. The Bertz CT molecular complexity index is 602. The standard InChI is InChI=1S/C15H23NO5S/c1-11(16-14(17)21-15(2,3)4)13-8-6-12(7-9-13)10-20-22(5,18)19/h6-9,11H,10H2,1-5H3,(H,16,17)/t11-/m1/s1. The molecule has 1 aromatic carbocycles. The number of nitrogens with one attached hydrogen (secondary N) is 1. The van der Waals surface area contributed by atoms with Crippen LogP contribution in [0.4, 0.5) is 4.79 Å². The van der Waals surface area contributed by atoms with Crippen molar-refractivity contribution in [1.29, 1.82) is 0 Å². The van der Waals surface area contributed by atoms with Crippen molar-refractivity contribution < 1.29 is 22.1 Å². The quantitative estimate of drug-likeness (QED) is 0.840. The van der Waals surface area contributed by atoms with Crippen LogP contribution in [0.25, 0.3) is 0 Å².